The number of nitrogens with zero attached hydrogens (tertiary/aromatic N) is 1. The van der Waals surface area contributed by atoms with Gasteiger partial charge in [0.15, 0.2) is 6.61 Å². The highest BCUT2D eigenvalue weighted by Gasteiger charge is 2.19. The molecule has 6 heteroatoms. The first-order chi connectivity index (χ1) is 10.8. The summed E-state index contributed by atoms with van der Waals surface area (Å²) in [5, 5.41) is 0. The second kappa shape index (κ2) is 9.45. The van der Waals surface area contributed by atoms with Gasteiger partial charge in [0.1, 0.15) is 5.75 Å². The summed E-state index contributed by atoms with van der Waals surface area (Å²) in [7, 11) is 1.46. The number of hydrogen-bond acceptors (Lipinski definition) is 3. The van der Waals surface area contributed by atoms with Gasteiger partial charge in [-0.2, -0.15) is 0 Å². The molecule has 0 aliphatic carbocycles. The number of methoxy groups -OCH3 is 1. The van der Waals surface area contributed by atoms with Gasteiger partial charge >= 0.3 is 0 Å². The van der Waals surface area contributed by atoms with Crippen molar-refractivity contribution >= 4 is 5.91 Å². The van der Waals surface area contributed by atoms with Crippen LogP contribution in [0.4, 0.5) is 8.78 Å². The van der Waals surface area contributed by atoms with E-state index in [0.717, 1.165) is 16.0 Å². The highest BCUT2D eigenvalue weighted by molar-refractivity contribution is 5.77. The second-order valence-corrected chi connectivity index (χ2v) is 5.69. The number of ether oxygens (including phenoxy) is 2. The fourth-order valence-corrected chi connectivity index (χ4v) is 2.05. The molecule has 0 atom stereocenters. The average Bonchev–Trinajstić information content (AvgIpc) is 2.49. The molecule has 23 heavy (non-hydrogen) atoms. The van der Waals surface area contributed by atoms with Crippen LogP contribution in [0.3, 0.4) is 0 Å². The molecule has 0 aromatic heterocycles. The normalized spacial score (nSPS) is 11.1. The third-order valence-electron chi connectivity index (χ3n) is 3.51. The number of aryl methyl sites for hydroxylation is 1. The van der Waals surface area contributed by atoms with Crippen LogP contribution in [0.2, 0.25) is 0 Å². The van der Waals surface area contributed by atoms with Crippen LogP contribution in [0.5, 0.6) is 5.75 Å². The van der Waals surface area contributed by atoms with E-state index in [2.05, 4.69) is 13.8 Å². The van der Waals surface area contributed by atoms with E-state index in [1.54, 1.807) is 0 Å². The van der Waals surface area contributed by atoms with Gasteiger partial charge in [-0.15, -0.1) is 0 Å². The van der Waals surface area contributed by atoms with Crippen molar-refractivity contribution in [3.8, 4) is 5.75 Å². The van der Waals surface area contributed by atoms with Crippen molar-refractivity contribution in [1.82, 2.24) is 4.90 Å². The molecule has 1 amide bonds. The van der Waals surface area contributed by atoms with Crippen molar-refractivity contribution in [2.24, 2.45) is 0 Å². The van der Waals surface area contributed by atoms with Crippen molar-refractivity contribution in [3.63, 3.8) is 0 Å². The minimum atomic E-state index is -2.58. The SMILES string of the molecule is COCCN(CC(F)F)C(=O)COc1cc(C(C)C)ccc1C. The summed E-state index contributed by atoms with van der Waals surface area (Å²) >= 11 is 0. The third kappa shape index (κ3) is 6.52. The maximum atomic E-state index is 12.6. The number of benzene rings is 1. The number of carbonyl (C=O) groups excluding carboxylic acids is 1. The van der Waals surface area contributed by atoms with E-state index in [1.165, 1.54) is 7.11 Å². The summed E-state index contributed by atoms with van der Waals surface area (Å²) in [5.74, 6) is 0.468. The highest BCUT2D eigenvalue weighted by atomic mass is 19.3. The fraction of sp³-hybridized carbons (Fsp3) is 0.588. The summed E-state index contributed by atoms with van der Waals surface area (Å²) in [6.45, 7) is 5.46. The molecule has 0 radical (unpaired) electrons. The minimum Gasteiger partial charge on any atom is -0.483 e. The summed E-state index contributed by atoms with van der Waals surface area (Å²) in [4.78, 5) is 13.2. The van der Waals surface area contributed by atoms with Crippen LogP contribution in [0.1, 0.15) is 30.9 Å². The van der Waals surface area contributed by atoms with Gasteiger partial charge in [0.25, 0.3) is 12.3 Å². The van der Waals surface area contributed by atoms with Gasteiger partial charge in [0, 0.05) is 13.7 Å². The topological polar surface area (TPSA) is 38.8 Å². The summed E-state index contributed by atoms with van der Waals surface area (Å²) in [6, 6.07) is 5.83. The van der Waals surface area contributed by atoms with Crippen molar-refractivity contribution in [1.29, 1.82) is 0 Å². The summed E-state index contributed by atoms with van der Waals surface area (Å²) in [6.07, 6.45) is -2.58. The lowest BCUT2D eigenvalue weighted by Gasteiger charge is -2.22. The molecule has 4 nitrogen and oxygen atoms in total. The molecule has 0 saturated heterocycles. The zero-order chi connectivity index (χ0) is 17.4. The Kier molecular flexibility index (Phi) is 7.95. The van der Waals surface area contributed by atoms with Gasteiger partial charge in [0.05, 0.1) is 13.2 Å². The monoisotopic (exact) mass is 329 g/mol. The Labute approximate surface area is 136 Å². The van der Waals surface area contributed by atoms with Crippen LogP contribution >= 0.6 is 0 Å². The van der Waals surface area contributed by atoms with E-state index in [1.807, 2.05) is 25.1 Å². The molecule has 0 saturated carbocycles. The fourth-order valence-electron chi connectivity index (χ4n) is 2.05. The Morgan fingerprint density at radius 1 is 1.30 bits per heavy atom. The van der Waals surface area contributed by atoms with Crippen molar-refractivity contribution < 1.29 is 23.0 Å². The van der Waals surface area contributed by atoms with Gasteiger partial charge in [-0.3, -0.25) is 4.79 Å². The molecule has 0 N–H and O–H groups in total. The Balaban J connectivity index is 2.70. The number of alkyl halides is 2. The zero-order valence-corrected chi connectivity index (χ0v) is 14.1. The number of halogens is 2. The van der Waals surface area contributed by atoms with Crippen LogP contribution in [-0.4, -0.2) is 50.6 Å². The van der Waals surface area contributed by atoms with Crippen molar-refractivity contribution in [3.05, 3.63) is 29.3 Å². The van der Waals surface area contributed by atoms with Crippen LogP contribution in [0.25, 0.3) is 0 Å². The van der Waals surface area contributed by atoms with E-state index in [4.69, 9.17) is 9.47 Å². The lowest BCUT2D eigenvalue weighted by atomic mass is 10.0. The molecule has 0 bridgehead atoms. The highest BCUT2D eigenvalue weighted by Crippen LogP contribution is 2.24. The van der Waals surface area contributed by atoms with E-state index in [0.29, 0.717) is 11.7 Å². The molecule has 0 heterocycles. The lowest BCUT2D eigenvalue weighted by Crippen LogP contribution is -2.40. The first kappa shape index (κ1) is 19.4. The maximum absolute atomic E-state index is 12.6. The first-order valence-electron chi connectivity index (χ1n) is 7.63. The molecular formula is C17H25F2NO3. The van der Waals surface area contributed by atoms with Crippen molar-refractivity contribution in [2.75, 3.05) is 33.4 Å². The summed E-state index contributed by atoms with van der Waals surface area (Å²) in [5.41, 5.74) is 2.00. The standard InChI is InChI=1S/C17H25F2NO3/c1-12(2)14-6-5-13(3)15(9-14)23-11-17(21)20(7-8-22-4)10-16(18)19/h5-6,9,12,16H,7-8,10-11H2,1-4H3. The van der Waals surface area contributed by atoms with E-state index >= 15 is 0 Å². The largest absolute Gasteiger partial charge is 0.483 e. The Bertz CT molecular complexity index is 507. The molecule has 1 rings (SSSR count). The molecule has 1 aromatic carbocycles. The molecule has 0 spiro atoms. The first-order valence-corrected chi connectivity index (χ1v) is 7.63. The van der Waals surface area contributed by atoms with Gasteiger partial charge in [-0.05, 0) is 30.0 Å². The Morgan fingerprint density at radius 3 is 2.57 bits per heavy atom. The van der Waals surface area contributed by atoms with Gasteiger partial charge in [-0.25, -0.2) is 8.78 Å². The molecule has 1 aromatic rings. The van der Waals surface area contributed by atoms with E-state index in [9.17, 15) is 13.6 Å². The van der Waals surface area contributed by atoms with Crippen LogP contribution in [-0.2, 0) is 9.53 Å². The van der Waals surface area contributed by atoms with Crippen LogP contribution in [0.15, 0.2) is 18.2 Å². The molecule has 130 valence electrons. The number of hydrogen-bond donors (Lipinski definition) is 0. The average molecular weight is 329 g/mol. The minimum absolute atomic E-state index is 0.119. The molecule has 0 aliphatic rings. The second-order valence-electron chi connectivity index (χ2n) is 5.69. The molecule has 0 aliphatic heterocycles. The van der Waals surface area contributed by atoms with Gasteiger partial charge in [0.2, 0.25) is 0 Å². The Hall–Kier alpha value is -1.69. The quantitative estimate of drug-likeness (QED) is 0.698. The number of rotatable bonds is 9. The predicted octanol–water partition coefficient (Wildman–Crippen LogP) is 3.24. The lowest BCUT2D eigenvalue weighted by molar-refractivity contribution is -0.136. The van der Waals surface area contributed by atoms with Crippen LogP contribution < -0.4 is 4.74 Å². The molecule has 0 unspecified atom stereocenters. The predicted molar refractivity (Wildman–Crippen MR) is 85.2 cm³/mol. The number of carbonyl (C=O) groups is 1. The number of amides is 1. The van der Waals surface area contributed by atoms with Gasteiger partial charge in [-0.1, -0.05) is 26.0 Å². The third-order valence-corrected chi connectivity index (χ3v) is 3.51. The smallest absolute Gasteiger partial charge is 0.260 e. The Morgan fingerprint density at radius 2 is 2.00 bits per heavy atom. The van der Waals surface area contributed by atoms with Crippen LogP contribution in [0, 0.1) is 6.92 Å². The maximum Gasteiger partial charge on any atom is 0.260 e. The van der Waals surface area contributed by atoms with E-state index in [-0.39, 0.29) is 19.8 Å². The molecule has 0 fully saturated rings. The van der Waals surface area contributed by atoms with Crippen molar-refractivity contribution in [2.45, 2.75) is 33.1 Å². The molecular weight excluding hydrogens is 304 g/mol. The zero-order valence-electron chi connectivity index (χ0n) is 14.1. The van der Waals surface area contributed by atoms with Gasteiger partial charge < -0.3 is 14.4 Å². The van der Waals surface area contributed by atoms with E-state index < -0.39 is 18.9 Å². The summed E-state index contributed by atoms with van der Waals surface area (Å²) < 4.78 is 35.5.